The molecule has 0 amide bonds. The third-order valence-electron chi connectivity index (χ3n) is 1.84. The average Bonchev–Trinajstić information content (AvgIpc) is 2.17. The molecule has 0 heterocycles. The van der Waals surface area contributed by atoms with Crippen LogP contribution in [0.4, 0.5) is 14.5 Å². The summed E-state index contributed by atoms with van der Waals surface area (Å²) in [6.07, 6.45) is -0.132. The second-order valence-corrected chi connectivity index (χ2v) is 2.93. The van der Waals surface area contributed by atoms with Crippen molar-refractivity contribution in [1.82, 2.24) is 0 Å². The van der Waals surface area contributed by atoms with Crippen LogP contribution in [0.5, 0.6) is 0 Å². The van der Waals surface area contributed by atoms with Crippen molar-refractivity contribution in [2.45, 2.75) is 19.3 Å². The highest BCUT2D eigenvalue weighted by molar-refractivity contribution is 5.42. The zero-order valence-electron chi connectivity index (χ0n) is 7.56. The van der Waals surface area contributed by atoms with Crippen LogP contribution in [-0.4, -0.2) is 12.5 Å². The first kappa shape index (κ1) is 9.96. The maximum Gasteiger partial charge on any atom is 0.264 e. The molecule has 0 unspecified atom stereocenters. The summed E-state index contributed by atoms with van der Waals surface area (Å²) >= 11 is 0. The summed E-state index contributed by atoms with van der Waals surface area (Å²) in [5, 5.41) is 2.69. The van der Waals surface area contributed by atoms with Crippen molar-refractivity contribution in [2.75, 3.05) is 11.9 Å². The molecule has 0 aliphatic heterocycles. The number of rotatable bonds is 4. The van der Waals surface area contributed by atoms with Gasteiger partial charge in [0.15, 0.2) is 0 Å². The Morgan fingerprint density at radius 1 is 1.23 bits per heavy atom. The first-order chi connectivity index (χ1) is 6.14. The molecule has 1 aromatic carbocycles. The number of nitrogens with one attached hydrogen (secondary N) is 1. The normalized spacial score (nSPS) is 11.3. The maximum atomic E-state index is 12.8. The third kappa shape index (κ3) is 3.40. The monoisotopic (exact) mass is 185 g/mol. The van der Waals surface area contributed by atoms with Crippen molar-refractivity contribution in [2.24, 2.45) is 0 Å². The Morgan fingerprint density at radius 2 is 1.85 bits per heavy atom. The molecule has 0 fully saturated rings. The Balaban J connectivity index is 2.44. The Morgan fingerprint density at radius 3 is 2.38 bits per heavy atom. The van der Waals surface area contributed by atoms with Crippen LogP contribution in [0.15, 0.2) is 30.3 Å². The number of para-hydroxylation sites is 1. The molecular formula is C10H13F2N. The molecule has 0 bridgehead atoms. The highest BCUT2D eigenvalue weighted by Crippen LogP contribution is 2.18. The lowest BCUT2D eigenvalue weighted by molar-refractivity contribution is 0.0116. The minimum Gasteiger partial charge on any atom is -0.379 e. The molecule has 1 aromatic rings. The summed E-state index contributed by atoms with van der Waals surface area (Å²) in [5.41, 5.74) is 0.732. The molecule has 0 saturated carbocycles. The van der Waals surface area contributed by atoms with E-state index in [1.165, 1.54) is 6.92 Å². The predicted octanol–water partition coefficient (Wildman–Crippen LogP) is 3.14. The van der Waals surface area contributed by atoms with Gasteiger partial charge in [-0.25, -0.2) is 8.78 Å². The molecule has 1 nitrogen and oxygen atoms in total. The van der Waals surface area contributed by atoms with Gasteiger partial charge in [-0.05, 0) is 12.1 Å². The molecule has 3 heteroatoms. The van der Waals surface area contributed by atoms with Gasteiger partial charge in [-0.2, -0.15) is 0 Å². The zero-order valence-corrected chi connectivity index (χ0v) is 7.56. The van der Waals surface area contributed by atoms with E-state index in [4.69, 9.17) is 0 Å². The zero-order chi connectivity index (χ0) is 9.73. The Labute approximate surface area is 76.8 Å². The fourth-order valence-corrected chi connectivity index (χ4v) is 0.912. The fourth-order valence-electron chi connectivity index (χ4n) is 0.912. The van der Waals surface area contributed by atoms with Crippen LogP contribution in [0.25, 0.3) is 0 Å². The minimum atomic E-state index is -2.62. The van der Waals surface area contributed by atoms with Crippen molar-refractivity contribution < 1.29 is 8.78 Å². The molecule has 0 saturated heterocycles. The van der Waals surface area contributed by atoms with Gasteiger partial charge in [0.2, 0.25) is 0 Å². The van der Waals surface area contributed by atoms with E-state index in [9.17, 15) is 8.78 Å². The molecule has 0 spiro atoms. The summed E-state index contributed by atoms with van der Waals surface area (Å²) in [6.45, 7) is 1.18. The molecule has 13 heavy (non-hydrogen) atoms. The number of alkyl halides is 2. The summed E-state index contributed by atoms with van der Waals surface area (Å²) in [6, 6.07) is 9.01. The predicted molar refractivity (Wildman–Crippen MR) is 50.2 cm³/mol. The topological polar surface area (TPSA) is 12.0 Å². The van der Waals surface area contributed by atoms with E-state index in [2.05, 4.69) is 5.32 Å². The van der Waals surface area contributed by atoms with Gasteiger partial charge >= 0.3 is 0 Å². The lowest BCUT2D eigenvalue weighted by atomic mass is 10.2. The van der Waals surface area contributed by atoms with Crippen molar-refractivity contribution in [1.29, 1.82) is 0 Å². The molecule has 0 radical (unpaired) electrons. The molecule has 0 atom stereocenters. The van der Waals surface area contributed by atoms with E-state index in [0.29, 0.717) is 0 Å². The molecule has 1 N–H and O–H groups in total. The summed E-state index contributed by atoms with van der Waals surface area (Å²) < 4.78 is 25.6. The van der Waals surface area contributed by atoms with Gasteiger partial charge in [0.05, 0.1) is 6.54 Å². The number of hydrogen-bond donors (Lipinski definition) is 1. The van der Waals surface area contributed by atoms with Gasteiger partial charge in [-0.15, -0.1) is 0 Å². The Bertz CT molecular complexity index is 246. The summed E-state index contributed by atoms with van der Waals surface area (Å²) in [4.78, 5) is 0. The van der Waals surface area contributed by atoms with Gasteiger partial charge in [0.1, 0.15) is 0 Å². The van der Waals surface area contributed by atoms with Gasteiger partial charge in [0.25, 0.3) is 5.92 Å². The average molecular weight is 185 g/mol. The second kappa shape index (κ2) is 4.21. The van der Waals surface area contributed by atoms with E-state index in [1.807, 2.05) is 18.2 Å². The number of halogens is 2. The number of anilines is 1. The SMILES string of the molecule is CCC(F)(F)CNc1ccccc1. The van der Waals surface area contributed by atoms with Crippen LogP contribution >= 0.6 is 0 Å². The van der Waals surface area contributed by atoms with Crippen molar-refractivity contribution >= 4 is 5.69 Å². The number of benzene rings is 1. The number of hydrogen-bond acceptors (Lipinski definition) is 1. The Kier molecular flexibility index (Phi) is 3.23. The maximum absolute atomic E-state index is 12.8. The smallest absolute Gasteiger partial charge is 0.264 e. The van der Waals surface area contributed by atoms with E-state index in [0.717, 1.165) is 5.69 Å². The first-order valence-electron chi connectivity index (χ1n) is 4.31. The van der Waals surface area contributed by atoms with Crippen molar-refractivity contribution in [3.05, 3.63) is 30.3 Å². The fraction of sp³-hybridized carbons (Fsp3) is 0.400. The molecular weight excluding hydrogens is 172 g/mol. The van der Waals surface area contributed by atoms with Gasteiger partial charge < -0.3 is 5.32 Å². The summed E-state index contributed by atoms with van der Waals surface area (Å²) in [7, 11) is 0. The first-order valence-corrected chi connectivity index (χ1v) is 4.31. The second-order valence-electron chi connectivity index (χ2n) is 2.93. The Hall–Kier alpha value is -1.12. The minimum absolute atomic E-state index is 0.132. The molecule has 72 valence electrons. The van der Waals surface area contributed by atoms with Crippen molar-refractivity contribution in [3.8, 4) is 0 Å². The molecule has 0 aliphatic rings. The van der Waals surface area contributed by atoms with E-state index >= 15 is 0 Å². The largest absolute Gasteiger partial charge is 0.379 e. The van der Waals surface area contributed by atoms with Crippen LogP contribution in [0.2, 0.25) is 0 Å². The van der Waals surface area contributed by atoms with Gasteiger partial charge in [-0.1, -0.05) is 25.1 Å². The lowest BCUT2D eigenvalue weighted by Crippen LogP contribution is -2.25. The highest BCUT2D eigenvalue weighted by atomic mass is 19.3. The molecule has 0 aliphatic carbocycles. The van der Waals surface area contributed by atoms with Crippen LogP contribution in [0.1, 0.15) is 13.3 Å². The molecule has 0 aromatic heterocycles. The lowest BCUT2D eigenvalue weighted by Gasteiger charge is -2.15. The van der Waals surface area contributed by atoms with Crippen LogP contribution < -0.4 is 5.32 Å². The quantitative estimate of drug-likeness (QED) is 0.759. The van der Waals surface area contributed by atoms with Crippen LogP contribution in [0, 0.1) is 0 Å². The standard InChI is InChI=1S/C10H13F2N/c1-2-10(11,12)8-13-9-6-4-3-5-7-9/h3-7,13H,2,8H2,1H3. The molecule has 1 rings (SSSR count). The van der Waals surface area contributed by atoms with E-state index < -0.39 is 5.92 Å². The van der Waals surface area contributed by atoms with Gasteiger partial charge in [0, 0.05) is 12.1 Å². The van der Waals surface area contributed by atoms with E-state index in [-0.39, 0.29) is 13.0 Å². The highest BCUT2D eigenvalue weighted by Gasteiger charge is 2.25. The van der Waals surface area contributed by atoms with Crippen LogP contribution in [0.3, 0.4) is 0 Å². The van der Waals surface area contributed by atoms with E-state index in [1.54, 1.807) is 12.1 Å². The van der Waals surface area contributed by atoms with Crippen molar-refractivity contribution in [3.63, 3.8) is 0 Å². The van der Waals surface area contributed by atoms with Crippen LogP contribution in [-0.2, 0) is 0 Å². The van der Waals surface area contributed by atoms with Gasteiger partial charge in [-0.3, -0.25) is 0 Å². The summed E-state index contributed by atoms with van der Waals surface area (Å²) in [5.74, 6) is -2.62. The third-order valence-corrected chi connectivity index (χ3v) is 1.84.